The molecule has 0 spiro atoms. The highest BCUT2D eigenvalue weighted by molar-refractivity contribution is 7.90. The zero-order chi connectivity index (χ0) is 14.3. The van der Waals surface area contributed by atoms with Gasteiger partial charge in [0.05, 0.1) is 5.75 Å². The van der Waals surface area contributed by atoms with Gasteiger partial charge in [-0.05, 0) is 37.6 Å². The third kappa shape index (κ3) is 6.75. The van der Waals surface area contributed by atoms with Crippen molar-refractivity contribution in [3.05, 3.63) is 0 Å². The topological polar surface area (TPSA) is 46.2 Å². The van der Waals surface area contributed by atoms with Gasteiger partial charge in [0.2, 0.25) is 0 Å². The van der Waals surface area contributed by atoms with Crippen molar-refractivity contribution in [3.8, 4) is 0 Å². The summed E-state index contributed by atoms with van der Waals surface area (Å²) >= 11 is 0. The molecular formula is C15H31NO2S. The van der Waals surface area contributed by atoms with E-state index in [1.165, 1.54) is 44.8 Å². The highest BCUT2D eigenvalue weighted by atomic mass is 32.2. The summed E-state index contributed by atoms with van der Waals surface area (Å²) in [4.78, 5) is 0. The fourth-order valence-corrected chi connectivity index (χ4v) is 4.08. The average Bonchev–Trinajstić information content (AvgIpc) is 2.35. The standard InChI is InChI=1S/C15H31NO2S/c1-4-6-13-7-9-14(10-8-13)15(16-5-2)11-12-19(3,17)18/h13-16H,4-12H2,1-3H3. The molecule has 1 saturated carbocycles. The monoisotopic (exact) mass is 289 g/mol. The van der Waals surface area contributed by atoms with Crippen molar-refractivity contribution in [2.24, 2.45) is 11.8 Å². The lowest BCUT2D eigenvalue weighted by Crippen LogP contribution is -2.39. The van der Waals surface area contributed by atoms with E-state index >= 15 is 0 Å². The van der Waals surface area contributed by atoms with Gasteiger partial charge >= 0.3 is 0 Å². The second kappa shape index (κ2) is 8.25. The number of hydrogen-bond acceptors (Lipinski definition) is 3. The fourth-order valence-electron chi connectivity index (χ4n) is 3.40. The Morgan fingerprint density at radius 1 is 1.16 bits per heavy atom. The van der Waals surface area contributed by atoms with Crippen molar-refractivity contribution in [1.29, 1.82) is 0 Å². The second-order valence-electron chi connectivity index (χ2n) is 6.15. The summed E-state index contributed by atoms with van der Waals surface area (Å²) in [5, 5.41) is 3.51. The molecule has 114 valence electrons. The van der Waals surface area contributed by atoms with E-state index < -0.39 is 9.84 Å². The third-order valence-corrected chi connectivity index (χ3v) is 5.40. The van der Waals surface area contributed by atoms with Gasteiger partial charge in [0, 0.05) is 12.3 Å². The van der Waals surface area contributed by atoms with Crippen molar-refractivity contribution >= 4 is 9.84 Å². The predicted molar refractivity (Wildman–Crippen MR) is 82.1 cm³/mol. The molecule has 1 aliphatic rings. The molecule has 1 fully saturated rings. The molecule has 4 heteroatoms. The Bertz CT molecular complexity index is 332. The summed E-state index contributed by atoms with van der Waals surface area (Å²) in [5.74, 6) is 1.91. The molecule has 0 aromatic rings. The molecule has 1 unspecified atom stereocenters. The minimum absolute atomic E-state index is 0.319. The van der Waals surface area contributed by atoms with Crippen LogP contribution in [0.5, 0.6) is 0 Å². The maximum atomic E-state index is 11.3. The Balaban J connectivity index is 2.44. The molecule has 0 aromatic heterocycles. The van der Waals surface area contributed by atoms with Crippen molar-refractivity contribution in [1.82, 2.24) is 5.32 Å². The van der Waals surface area contributed by atoms with Gasteiger partial charge in [-0.15, -0.1) is 0 Å². The van der Waals surface area contributed by atoms with Gasteiger partial charge in [-0.25, -0.2) is 8.42 Å². The van der Waals surface area contributed by atoms with E-state index in [-0.39, 0.29) is 0 Å². The first-order valence-electron chi connectivity index (χ1n) is 7.87. The van der Waals surface area contributed by atoms with E-state index in [1.54, 1.807) is 0 Å². The van der Waals surface area contributed by atoms with Crippen LogP contribution in [0.2, 0.25) is 0 Å². The lowest BCUT2D eigenvalue weighted by molar-refractivity contribution is 0.212. The van der Waals surface area contributed by atoms with Crippen LogP contribution in [0.1, 0.15) is 58.8 Å². The number of hydrogen-bond donors (Lipinski definition) is 1. The molecule has 0 radical (unpaired) electrons. The molecule has 0 amide bonds. The molecule has 1 atom stereocenters. The van der Waals surface area contributed by atoms with Gasteiger partial charge in [0.1, 0.15) is 9.84 Å². The largest absolute Gasteiger partial charge is 0.314 e. The molecule has 1 N–H and O–H groups in total. The fraction of sp³-hybridized carbons (Fsp3) is 1.00. The van der Waals surface area contributed by atoms with Gasteiger partial charge in [-0.3, -0.25) is 0 Å². The minimum Gasteiger partial charge on any atom is -0.314 e. The maximum absolute atomic E-state index is 11.3. The van der Waals surface area contributed by atoms with Crippen molar-refractivity contribution < 1.29 is 8.42 Å². The number of sulfone groups is 1. The molecule has 1 aliphatic carbocycles. The third-order valence-electron chi connectivity index (χ3n) is 4.42. The highest BCUT2D eigenvalue weighted by Gasteiger charge is 2.27. The van der Waals surface area contributed by atoms with Gasteiger partial charge in [0.25, 0.3) is 0 Å². The van der Waals surface area contributed by atoms with Crippen molar-refractivity contribution in [2.45, 2.75) is 64.8 Å². The average molecular weight is 289 g/mol. The van der Waals surface area contributed by atoms with E-state index in [2.05, 4.69) is 19.2 Å². The van der Waals surface area contributed by atoms with E-state index in [0.29, 0.717) is 17.7 Å². The van der Waals surface area contributed by atoms with Gasteiger partial charge in [-0.2, -0.15) is 0 Å². The van der Waals surface area contributed by atoms with Gasteiger partial charge in [-0.1, -0.05) is 39.5 Å². The second-order valence-corrected chi connectivity index (χ2v) is 8.41. The SMILES string of the molecule is CCCC1CCC(C(CCS(C)(=O)=O)NCC)CC1. The van der Waals surface area contributed by atoms with Gasteiger partial charge in [0.15, 0.2) is 0 Å². The summed E-state index contributed by atoms with van der Waals surface area (Å²) in [5.41, 5.74) is 0. The van der Waals surface area contributed by atoms with Crippen LogP contribution in [0, 0.1) is 11.8 Å². The van der Waals surface area contributed by atoms with Crippen LogP contribution < -0.4 is 5.32 Å². The summed E-state index contributed by atoms with van der Waals surface area (Å²) in [6.07, 6.45) is 9.97. The molecule has 1 rings (SSSR count). The van der Waals surface area contributed by atoms with E-state index in [1.807, 2.05) is 0 Å². The Labute approximate surface area is 119 Å². The summed E-state index contributed by atoms with van der Waals surface area (Å²) in [6.45, 7) is 5.30. The van der Waals surface area contributed by atoms with E-state index in [9.17, 15) is 8.42 Å². The molecule has 0 saturated heterocycles. The van der Waals surface area contributed by atoms with Crippen LogP contribution in [0.25, 0.3) is 0 Å². The molecule has 19 heavy (non-hydrogen) atoms. The minimum atomic E-state index is -2.84. The van der Waals surface area contributed by atoms with Crippen LogP contribution in [-0.4, -0.2) is 33.0 Å². The number of nitrogens with one attached hydrogen (secondary N) is 1. The van der Waals surface area contributed by atoms with Crippen LogP contribution in [0.3, 0.4) is 0 Å². The first kappa shape index (κ1) is 17.0. The molecule has 0 aromatic carbocycles. The summed E-state index contributed by atoms with van der Waals surface area (Å²) in [7, 11) is -2.84. The summed E-state index contributed by atoms with van der Waals surface area (Å²) < 4.78 is 22.7. The van der Waals surface area contributed by atoms with Crippen LogP contribution >= 0.6 is 0 Å². The molecule has 0 heterocycles. The van der Waals surface area contributed by atoms with Crippen LogP contribution in [0.4, 0.5) is 0 Å². The molecule has 0 aliphatic heterocycles. The van der Waals surface area contributed by atoms with Crippen LogP contribution in [0.15, 0.2) is 0 Å². The Hall–Kier alpha value is -0.0900. The number of rotatable bonds is 8. The van der Waals surface area contributed by atoms with Gasteiger partial charge < -0.3 is 5.32 Å². The normalized spacial score (nSPS) is 26.3. The van der Waals surface area contributed by atoms with Crippen LogP contribution in [-0.2, 0) is 9.84 Å². The first-order valence-corrected chi connectivity index (χ1v) is 9.93. The zero-order valence-corrected chi connectivity index (χ0v) is 13.6. The Morgan fingerprint density at radius 3 is 2.26 bits per heavy atom. The summed E-state index contributed by atoms with van der Waals surface area (Å²) in [6, 6.07) is 0.391. The van der Waals surface area contributed by atoms with E-state index in [0.717, 1.165) is 18.9 Å². The zero-order valence-electron chi connectivity index (χ0n) is 12.8. The molecular weight excluding hydrogens is 258 g/mol. The molecule has 0 bridgehead atoms. The predicted octanol–water partition coefficient (Wildman–Crippen LogP) is 3.01. The smallest absolute Gasteiger partial charge is 0.147 e. The van der Waals surface area contributed by atoms with Crippen molar-refractivity contribution in [3.63, 3.8) is 0 Å². The first-order chi connectivity index (χ1) is 8.96. The lowest BCUT2D eigenvalue weighted by Gasteiger charge is -2.34. The molecule has 3 nitrogen and oxygen atoms in total. The maximum Gasteiger partial charge on any atom is 0.147 e. The highest BCUT2D eigenvalue weighted by Crippen LogP contribution is 2.34. The quantitative estimate of drug-likeness (QED) is 0.747. The Morgan fingerprint density at radius 2 is 1.79 bits per heavy atom. The van der Waals surface area contributed by atoms with Crippen molar-refractivity contribution in [2.75, 3.05) is 18.6 Å². The van der Waals surface area contributed by atoms with E-state index in [4.69, 9.17) is 0 Å². The lowest BCUT2D eigenvalue weighted by atomic mass is 9.76. The Kier molecular flexibility index (Phi) is 7.37.